The molecular weight excluding hydrogens is 282 g/mol. The third-order valence-electron chi connectivity index (χ3n) is 3.25. The van der Waals surface area contributed by atoms with Crippen LogP contribution in [-0.4, -0.2) is 24.7 Å². The van der Waals surface area contributed by atoms with E-state index in [0.717, 1.165) is 32.2 Å². The molecule has 102 valence electrons. The van der Waals surface area contributed by atoms with Crippen molar-refractivity contribution in [1.82, 2.24) is 24.7 Å². The Morgan fingerprint density at radius 1 is 1.10 bits per heavy atom. The fraction of sp³-hybridized carbons (Fsp3) is 0.0667. The topological polar surface area (TPSA) is 56.5 Å². The molecule has 4 aromatic heterocycles. The summed E-state index contributed by atoms with van der Waals surface area (Å²) < 4.78 is 1.78. The van der Waals surface area contributed by atoms with Crippen LogP contribution in [0.15, 0.2) is 49.1 Å². The highest BCUT2D eigenvalue weighted by atomic mass is 32.1. The molecule has 0 bridgehead atoms. The molecule has 4 rings (SSSR count). The van der Waals surface area contributed by atoms with Gasteiger partial charge in [0.25, 0.3) is 0 Å². The third-order valence-corrected chi connectivity index (χ3v) is 4.32. The van der Waals surface area contributed by atoms with Crippen LogP contribution in [-0.2, 0) is 7.05 Å². The van der Waals surface area contributed by atoms with Crippen LogP contribution in [0.2, 0.25) is 0 Å². The van der Waals surface area contributed by atoms with Gasteiger partial charge in [-0.15, -0.1) is 11.3 Å². The van der Waals surface area contributed by atoms with Gasteiger partial charge in [0, 0.05) is 36.6 Å². The quantitative estimate of drug-likeness (QED) is 0.569. The van der Waals surface area contributed by atoms with E-state index in [2.05, 4.69) is 20.1 Å². The van der Waals surface area contributed by atoms with Crippen molar-refractivity contribution in [3.63, 3.8) is 0 Å². The van der Waals surface area contributed by atoms with E-state index in [9.17, 15) is 0 Å². The molecule has 0 saturated carbocycles. The van der Waals surface area contributed by atoms with Crippen LogP contribution in [0, 0.1) is 0 Å². The molecular formula is C15H11N5S. The Hall–Kier alpha value is -2.60. The Balaban J connectivity index is 1.79. The van der Waals surface area contributed by atoms with E-state index in [1.807, 2.05) is 49.9 Å². The first-order valence-corrected chi connectivity index (χ1v) is 7.28. The lowest BCUT2D eigenvalue weighted by atomic mass is 10.3. The zero-order chi connectivity index (χ0) is 14.2. The van der Waals surface area contributed by atoms with Crippen molar-refractivity contribution in [2.45, 2.75) is 0 Å². The van der Waals surface area contributed by atoms with Gasteiger partial charge in [0.2, 0.25) is 0 Å². The van der Waals surface area contributed by atoms with E-state index >= 15 is 0 Å². The first kappa shape index (κ1) is 12.2. The van der Waals surface area contributed by atoms with Gasteiger partial charge in [-0.05, 0) is 24.3 Å². The van der Waals surface area contributed by atoms with Crippen molar-refractivity contribution in [2.24, 2.45) is 7.05 Å². The Morgan fingerprint density at radius 2 is 2.05 bits per heavy atom. The van der Waals surface area contributed by atoms with Gasteiger partial charge in [-0.3, -0.25) is 9.67 Å². The first-order chi connectivity index (χ1) is 10.3. The van der Waals surface area contributed by atoms with E-state index < -0.39 is 0 Å². The number of rotatable bonds is 2. The minimum absolute atomic E-state index is 0.879. The molecule has 0 unspecified atom stereocenters. The maximum Gasteiger partial charge on any atom is 0.158 e. The molecule has 0 N–H and O–H groups in total. The molecule has 21 heavy (non-hydrogen) atoms. The number of aromatic nitrogens is 5. The average Bonchev–Trinajstić information content (AvgIpc) is 3.16. The van der Waals surface area contributed by atoms with Crippen LogP contribution in [0.3, 0.4) is 0 Å². The number of thiazole rings is 1. The second-order valence-corrected chi connectivity index (χ2v) is 5.68. The fourth-order valence-electron chi connectivity index (χ4n) is 2.18. The van der Waals surface area contributed by atoms with Crippen molar-refractivity contribution in [2.75, 3.05) is 0 Å². The molecule has 0 spiro atoms. The van der Waals surface area contributed by atoms with E-state index in [4.69, 9.17) is 0 Å². The number of aryl methyl sites for hydroxylation is 1. The summed E-state index contributed by atoms with van der Waals surface area (Å²) in [4.78, 5) is 14.3. The summed E-state index contributed by atoms with van der Waals surface area (Å²) in [6, 6.07) is 7.96. The van der Waals surface area contributed by atoms with Crippen molar-refractivity contribution >= 4 is 22.4 Å². The summed E-state index contributed by atoms with van der Waals surface area (Å²) >= 11 is 1.61. The lowest BCUT2D eigenvalue weighted by Crippen LogP contribution is -1.92. The van der Waals surface area contributed by atoms with Crippen LogP contribution in [0.25, 0.3) is 32.2 Å². The largest absolute Gasteiger partial charge is 0.264 e. The standard InChI is InChI=1S/C15H11N5S/c1-20-14-10(8-18-20)4-5-12(19-14)13-9-17-15(21-13)11-3-2-6-16-7-11/h2-9H,1H3. The van der Waals surface area contributed by atoms with Gasteiger partial charge in [-0.2, -0.15) is 5.10 Å². The molecule has 5 nitrogen and oxygen atoms in total. The Morgan fingerprint density at radius 3 is 2.90 bits per heavy atom. The SMILES string of the molecule is Cn1ncc2ccc(-c3cnc(-c4cccnc4)s3)nc21. The van der Waals surface area contributed by atoms with Gasteiger partial charge < -0.3 is 0 Å². The average molecular weight is 293 g/mol. The Kier molecular flexibility index (Phi) is 2.75. The molecule has 0 aliphatic rings. The summed E-state index contributed by atoms with van der Waals surface area (Å²) in [7, 11) is 1.90. The molecule has 0 fully saturated rings. The summed E-state index contributed by atoms with van der Waals surface area (Å²) in [5.41, 5.74) is 2.82. The van der Waals surface area contributed by atoms with Crippen LogP contribution in [0.1, 0.15) is 0 Å². The molecule has 0 amide bonds. The second-order valence-electron chi connectivity index (χ2n) is 4.65. The van der Waals surface area contributed by atoms with Gasteiger partial charge >= 0.3 is 0 Å². The van der Waals surface area contributed by atoms with E-state index in [1.54, 1.807) is 22.2 Å². The van der Waals surface area contributed by atoms with Crippen molar-refractivity contribution in [3.8, 4) is 21.1 Å². The monoisotopic (exact) mass is 293 g/mol. The number of fused-ring (bicyclic) bond motifs is 1. The maximum absolute atomic E-state index is 4.67. The number of hydrogen-bond donors (Lipinski definition) is 0. The first-order valence-electron chi connectivity index (χ1n) is 6.46. The Labute approximate surface area is 124 Å². The smallest absolute Gasteiger partial charge is 0.158 e. The predicted octanol–water partition coefficient (Wildman–Crippen LogP) is 3.15. The van der Waals surface area contributed by atoms with Crippen LogP contribution < -0.4 is 0 Å². The number of nitrogens with zero attached hydrogens (tertiary/aromatic N) is 5. The minimum atomic E-state index is 0.879. The van der Waals surface area contributed by atoms with Gasteiger partial charge in [0.05, 0.1) is 16.8 Å². The summed E-state index contributed by atoms with van der Waals surface area (Å²) in [5, 5.41) is 6.21. The second kappa shape index (κ2) is 4.75. The molecule has 6 heteroatoms. The third kappa shape index (κ3) is 2.09. The minimum Gasteiger partial charge on any atom is -0.264 e. The van der Waals surface area contributed by atoms with Crippen LogP contribution in [0.5, 0.6) is 0 Å². The number of pyridine rings is 2. The molecule has 0 aliphatic heterocycles. The lowest BCUT2D eigenvalue weighted by Gasteiger charge is -1.98. The van der Waals surface area contributed by atoms with E-state index in [1.165, 1.54) is 0 Å². The number of hydrogen-bond acceptors (Lipinski definition) is 5. The molecule has 0 saturated heterocycles. The Bertz CT molecular complexity index is 910. The lowest BCUT2D eigenvalue weighted by molar-refractivity contribution is 0.787. The van der Waals surface area contributed by atoms with Crippen LogP contribution in [0.4, 0.5) is 0 Å². The molecule has 4 aromatic rings. The van der Waals surface area contributed by atoms with Gasteiger partial charge in [0.15, 0.2) is 5.65 Å². The van der Waals surface area contributed by atoms with Gasteiger partial charge in [0.1, 0.15) is 5.01 Å². The zero-order valence-electron chi connectivity index (χ0n) is 11.3. The van der Waals surface area contributed by atoms with E-state index in [-0.39, 0.29) is 0 Å². The maximum atomic E-state index is 4.67. The summed E-state index contributed by atoms with van der Waals surface area (Å²) in [5.74, 6) is 0. The van der Waals surface area contributed by atoms with Crippen molar-refractivity contribution < 1.29 is 0 Å². The van der Waals surface area contributed by atoms with Gasteiger partial charge in [-0.25, -0.2) is 9.97 Å². The highest BCUT2D eigenvalue weighted by molar-refractivity contribution is 7.18. The molecule has 0 atom stereocenters. The van der Waals surface area contributed by atoms with Crippen LogP contribution >= 0.6 is 11.3 Å². The molecule has 0 aromatic carbocycles. The highest BCUT2D eigenvalue weighted by Crippen LogP contribution is 2.31. The normalized spacial score (nSPS) is 11.1. The van der Waals surface area contributed by atoms with E-state index in [0.29, 0.717) is 0 Å². The zero-order valence-corrected chi connectivity index (χ0v) is 12.1. The summed E-state index contributed by atoms with van der Waals surface area (Å²) in [6.45, 7) is 0. The molecule has 0 aliphatic carbocycles. The summed E-state index contributed by atoms with van der Waals surface area (Å²) in [6.07, 6.45) is 7.26. The highest BCUT2D eigenvalue weighted by Gasteiger charge is 2.09. The van der Waals surface area contributed by atoms with Gasteiger partial charge in [-0.1, -0.05) is 0 Å². The molecule has 0 radical (unpaired) electrons. The molecule has 4 heterocycles. The van der Waals surface area contributed by atoms with Crippen molar-refractivity contribution in [1.29, 1.82) is 0 Å². The fourth-order valence-corrected chi connectivity index (χ4v) is 3.05. The predicted molar refractivity (Wildman–Crippen MR) is 82.8 cm³/mol. The van der Waals surface area contributed by atoms with Crippen molar-refractivity contribution in [3.05, 3.63) is 49.1 Å².